The molecule has 3 N–H and O–H groups in total. The maximum Gasteiger partial charge on any atom is 0.219 e. The van der Waals surface area contributed by atoms with Crippen LogP contribution in [0.15, 0.2) is 0 Å². The monoisotopic (exact) mass is 765 g/mol. The molecule has 0 spiro atoms. The summed E-state index contributed by atoms with van der Waals surface area (Å²) in [7, 11) is 0. The number of rotatable bonds is 44. The average Bonchev–Trinajstić information content (AvgIpc) is 3.18. The maximum atomic E-state index is 13.7. The molecule has 6 nitrogen and oxygen atoms in total. The third-order valence-corrected chi connectivity index (χ3v) is 11.9. The summed E-state index contributed by atoms with van der Waals surface area (Å²) in [5, 5.41) is 33.9. The lowest BCUT2D eigenvalue weighted by Crippen LogP contribution is -2.69. The van der Waals surface area contributed by atoms with Gasteiger partial charge in [-0.1, -0.05) is 233 Å². The van der Waals surface area contributed by atoms with E-state index >= 15 is 0 Å². The van der Waals surface area contributed by atoms with Crippen LogP contribution >= 0.6 is 0 Å². The molecule has 320 valence electrons. The van der Waals surface area contributed by atoms with Gasteiger partial charge >= 0.3 is 0 Å². The fourth-order valence-electron chi connectivity index (χ4n) is 7.97. The van der Waals surface area contributed by atoms with Gasteiger partial charge in [0.2, 0.25) is 5.60 Å². The van der Waals surface area contributed by atoms with Gasteiger partial charge in [-0.2, -0.15) is 0 Å². The van der Waals surface area contributed by atoms with E-state index in [2.05, 4.69) is 20.8 Å². The van der Waals surface area contributed by atoms with E-state index in [0.717, 1.165) is 57.8 Å². The molecule has 0 aromatic rings. The standard InChI is InChI=1S/C48H92O6/c1-4-7-10-13-16-19-22-25-28-31-34-37-40-44(50)47(53,43-49)48(54,45(51)41-38-35-32-29-26-23-20-17-14-11-8-5-2)46(52)42-39-36-33-30-27-24-21-18-15-12-9-6-3/h49,53-54H,4-43H2,1-3H3/t47-/m1/s1. The molecule has 54 heavy (non-hydrogen) atoms. The van der Waals surface area contributed by atoms with Crippen LogP contribution in [-0.4, -0.2) is 50.5 Å². The lowest BCUT2D eigenvalue weighted by atomic mass is 9.71. The summed E-state index contributed by atoms with van der Waals surface area (Å²) < 4.78 is 0. The van der Waals surface area contributed by atoms with Gasteiger partial charge < -0.3 is 15.3 Å². The van der Waals surface area contributed by atoms with E-state index in [9.17, 15) is 29.7 Å². The molecule has 0 aliphatic rings. The van der Waals surface area contributed by atoms with Crippen molar-refractivity contribution in [2.75, 3.05) is 6.61 Å². The zero-order chi connectivity index (χ0) is 40.0. The number of unbranched alkanes of at least 4 members (excludes halogenated alkanes) is 33. The van der Waals surface area contributed by atoms with Crippen molar-refractivity contribution < 1.29 is 29.7 Å². The molecular weight excluding hydrogens is 673 g/mol. The minimum Gasteiger partial charge on any atom is -0.393 e. The Balaban J connectivity index is 4.98. The highest BCUT2D eigenvalue weighted by atomic mass is 16.4. The Kier molecular flexibility index (Phi) is 36.7. The number of ketones is 3. The first-order valence-corrected chi connectivity index (χ1v) is 23.9. The molecule has 0 aliphatic carbocycles. The Morgan fingerprint density at radius 1 is 0.315 bits per heavy atom. The Labute approximate surface area is 335 Å². The second kappa shape index (κ2) is 37.5. The summed E-state index contributed by atoms with van der Waals surface area (Å²) in [6, 6.07) is 0. The van der Waals surface area contributed by atoms with Crippen LogP contribution in [0, 0.1) is 0 Å². The first-order chi connectivity index (χ1) is 26.3. The van der Waals surface area contributed by atoms with Crippen LogP contribution in [0.5, 0.6) is 0 Å². The van der Waals surface area contributed by atoms with E-state index in [1.165, 1.54) is 154 Å². The molecule has 0 saturated carbocycles. The molecule has 0 aromatic heterocycles. The van der Waals surface area contributed by atoms with Crippen molar-refractivity contribution in [1.82, 2.24) is 0 Å². The van der Waals surface area contributed by atoms with Gasteiger partial charge in [0.1, 0.15) is 0 Å². The highest BCUT2D eigenvalue weighted by Crippen LogP contribution is 2.32. The Morgan fingerprint density at radius 2 is 0.500 bits per heavy atom. The minimum absolute atomic E-state index is 0.0748. The summed E-state index contributed by atoms with van der Waals surface area (Å²) >= 11 is 0. The third kappa shape index (κ3) is 25.2. The molecule has 1 atom stereocenters. The summed E-state index contributed by atoms with van der Waals surface area (Å²) in [4.78, 5) is 40.9. The SMILES string of the molecule is CCCCCCCCCCCCCCC(=O)C(O)(C(=O)CCCCCCCCCCCCCC)[C@@](O)(CO)C(=O)CCCCCCCCCCCCCC. The van der Waals surface area contributed by atoms with Crippen molar-refractivity contribution in [3.8, 4) is 0 Å². The topological polar surface area (TPSA) is 112 Å². The number of Topliss-reactive ketones (excluding diaryl/α,β-unsaturated/α-hetero) is 3. The van der Waals surface area contributed by atoms with Gasteiger partial charge in [-0.25, -0.2) is 0 Å². The molecule has 6 heteroatoms. The fraction of sp³-hybridized carbons (Fsp3) is 0.938. The molecule has 0 saturated heterocycles. The van der Waals surface area contributed by atoms with Gasteiger partial charge in [-0.05, 0) is 19.3 Å². The molecule has 0 amide bonds. The van der Waals surface area contributed by atoms with E-state index in [1.807, 2.05) is 0 Å². The van der Waals surface area contributed by atoms with E-state index in [0.29, 0.717) is 19.3 Å². The smallest absolute Gasteiger partial charge is 0.219 e. The van der Waals surface area contributed by atoms with E-state index in [4.69, 9.17) is 0 Å². The predicted molar refractivity (Wildman–Crippen MR) is 229 cm³/mol. The van der Waals surface area contributed by atoms with Crippen molar-refractivity contribution >= 4 is 17.3 Å². The summed E-state index contributed by atoms with van der Waals surface area (Å²) in [6.07, 6.45) is 40.3. The lowest BCUT2D eigenvalue weighted by Gasteiger charge is -2.39. The lowest BCUT2D eigenvalue weighted by molar-refractivity contribution is -0.194. The van der Waals surface area contributed by atoms with E-state index in [1.54, 1.807) is 0 Å². The van der Waals surface area contributed by atoms with Gasteiger partial charge in [-0.3, -0.25) is 14.4 Å². The maximum absolute atomic E-state index is 13.7. The molecule has 0 heterocycles. The quantitative estimate of drug-likeness (QED) is 0.0421. The van der Waals surface area contributed by atoms with Crippen LogP contribution in [0.2, 0.25) is 0 Å². The van der Waals surface area contributed by atoms with Crippen molar-refractivity contribution in [2.45, 2.75) is 282 Å². The number of carbonyl (C=O) groups is 3. The van der Waals surface area contributed by atoms with Crippen LogP contribution in [0.25, 0.3) is 0 Å². The number of hydrogen-bond donors (Lipinski definition) is 3. The molecule has 0 rings (SSSR count). The van der Waals surface area contributed by atoms with Crippen molar-refractivity contribution in [3.05, 3.63) is 0 Å². The van der Waals surface area contributed by atoms with Gasteiger partial charge in [0.15, 0.2) is 23.0 Å². The Morgan fingerprint density at radius 3 is 0.704 bits per heavy atom. The normalized spacial score (nSPS) is 13.0. The molecule has 0 aliphatic heterocycles. The summed E-state index contributed by atoms with van der Waals surface area (Å²) in [5.41, 5.74) is -5.72. The predicted octanol–water partition coefficient (Wildman–Crippen LogP) is 13.4. The largest absolute Gasteiger partial charge is 0.393 e. The Hall–Kier alpha value is -1.11. The zero-order valence-electron chi connectivity index (χ0n) is 36.4. The molecule has 0 aromatic carbocycles. The van der Waals surface area contributed by atoms with Crippen molar-refractivity contribution in [3.63, 3.8) is 0 Å². The van der Waals surface area contributed by atoms with Crippen molar-refractivity contribution in [1.29, 1.82) is 0 Å². The van der Waals surface area contributed by atoms with E-state index in [-0.39, 0.29) is 19.3 Å². The molecule has 0 fully saturated rings. The van der Waals surface area contributed by atoms with Crippen LogP contribution in [0.1, 0.15) is 271 Å². The molecule has 0 bridgehead atoms. The van der Waals surface area contributed by atoms with Crippen molar-refractivity contribution in [2.24, 2.45) is 0 Å². The minimum atomic E-state index is -2.91. The van der Waals surface area contributed by atoms with Crippen LogP contribution in [0.4, 0.5) is 0 Å². The van der Waals surface area contributed by atoms with Gasteiger partial charge in [0.05, 0.1) is 6.61 Å². The third-order valence-electron chi connectivity index (χ3n) is 11.9. The first-order valence-electron chi connectivity index (χ1n) is 23.9. The number of aliphatic hydroxyl groups excluding tert-OH is 1. The molecular formula is C48H92O6. The van der Waals surface area contributed by atoms with Gasteiger partial charge in [-0.15, -0.1) is 0 Å². The fourth-order valence-corrected chi connectivity index (χ4v) is 7.97. The van der Waals surface area contributed by atoms with Crippen LogP contribution in [-0.2, 0) is 14.4 Å². The first kappa shape index (κ1) is 52.9. The molecule has 0 radical (unpaired) electrons. The van der Waals surface area contributed by atoms with Crippen LogP contribution in [0.3, 0.4) is 0 Å². The zero-order valence-corrected chi connectivity index (χ0v) is 36.4. The van der Waals surface area contributed by atoms with Crippen LogP contribution < -0.4 is 0 Å². The van der Waals surface area contributed by atoms with Gasteiger partial charge in [0.25, 0.3) is 0 Å². The number of aliphatic hydroxyl groups is 3. The number of hydrogen-bond acceptors (Lipinski definition) is 6. The van der Waals surface area contributed by atoms with E-state index < -0.39 is 35.2 Å². The highest BCUT2D eigenvalue weighted by molar-refractivity contribution is 6.16. The molecule has 0 unspecified atom stereocenters. The van der Waals surface area contributed by atoms with Gasteiger partial charge in [0, 0.05) is 19.3 Å². The number of carbonyl (C=O) groups excluding carboxylic acids is 3. The summed E-state index contributed by atoms with van der Waals surface area (Å²) in [6.45, 7) is 5.56. The average molecular weight is 765 g/mol. The summed E-state index contributed by atoms with van der Waals surface area (Å²) in [5.74, 6) is -2.44. The second-order valence-electron chi connectivity index (χ2n) is 16.9. The Bertz CT molecular complexity index is 831. The second-order valence-corrected chi connectivity index (χ2v) is 16.9. The highest BCUT2D eigenvalue weighted by Gasteiger charge is 2.62.